The van der Waals surface area contributed by atoms with E-state index in [4.69, 9.17) is 19.6 Å². The smallest absolute Gasteiger partial charge is 0.161 e. The van der Waals surface area contributed by atoms with Crippen molar-refractivity contribution < 1.29 is 19.6 Å². The highest BCUT2D eigenvalue weighted by molar-refractivity contribution is 5.24. The van der Waals surface area contributed by atoms with E-state index < -0.39 is 11.2 Å². The molecule has 2 unspecified atom stereocenters. The van der Waals surface area contributed by atoms with Gasteiger partial charge in [0.15, 0.2) is 11.2 Å². The van der Waals surface area contributed by atoms with E-state index in [2.05, 4.69) is 11.8 Å². The molecule has 20 heavy (non-hydrogen) atoms. The maximum absolute atomic E-state index is 5.50. The summed E-state index contributed by atoms with van der Waals surface area (Å²) in [7, 11) is 0. The third kappa shape index (κ3) is 6.23. The molecule has 0 saturated carbocycles. The van der Waals surface area contributed by atoms with E-state index in [0.717, 1.165) is 12.8 Å². The van der Waals surface area contributed by atoms with E-state index in [1.807, 2.05) is 55.4 Å². The van der Waals surface area contributed by atoms with Gasteiger partial charge in [-0.15, -0.1) is 0 Å². The third-order valence-electron chi connectivity index (χ3n) is 2.62. The molecule has 1 rings (SSSR count). The molecule has 0 aliphatic heterocycles. The van der Waals surface area contributed by atoms with Crippen molar-refractivity contribution >= 4 is 0 Å². The highest BCUT2D eigenvalue weighted by Crippen LogP contribution is 2.31. The minimum Gasteiger partial charge on any atom is -0.229 e. The molecule has 0 fully saturated rings. The Morgan fingerprint density at radius 3 is 1.20 bits per heavy atom. The average molecular weight is 284 g/mol. The van der Waals surface area contributed by atoms with E-state index in [1.165, 1.54) is 0 Å². The first-order valence-corrected chi connectivity index (χ1v) is 7.11. The van der Waals surface area contributed by atoms with E-state index in [0.29, 0.717) is 0 Å². The minimum absolute atomic E-state index is 0.350. The quantitative estimate of drug-likeness (QED) is 0.447. The van der Waals surface area contributed by atoms with Crippen LogP contribution in [-0.2, 0) is 19.6 Å². The zero-order chi connectivity index (χ0) is 15.7. The van der Waals surface area contributed by atoms with Crippen LogP contribution in [0, 0.1) is 11.8 Å². The maximum Gasteiger partial charge on any atom is 0.161 e. The van der Waals surface area contributed by atoms with Crippen molar-refractivity contribution in [3.05, 3.63) is 0 Å². The van der Waals surface area contributed by atoms with Gasteiger partial charge in [0.1, 0.15) is 0 Å². The lowest BCUT2D eigenvalue weighted by molar-refractivity contribution is -0.402. The van der Waals surface area contributed by atoms with Gasteiger partial charge in [0.05, 0.1) is 11.2 Å². The van der Waals surface area contributed by atoms with Crippen molar-refractivity contribution in [1.29, 1.82) is 0 Å². The lowest BCUT2D eigenvalue weighted by Crippen LogP contribution is -2.41. The van der Waals surface area contributed by atoms with Crippen LogP contribution >= 0.6 is 0 Å². The van der Waals surface area contributed by atoms with Crippen LogP contribution in [-0.4, -0.2) is 22.4 Å². The van der Waals surface area contributed by atoms with Crippen molar-refractivity contribution in [3.63, 3.8) is 0 Å². The van der Waals surface area contributed by atoms with Gasteiger partial charge in [0.2, 0.25) is 0 Å². The van der Waals surface area contributed by atoms with Crippen molar-refractivity contribution in [1.82, 2.24) is 0 Å². The summed E-state index contributed by atoms with van der Waals surface area (Å²) in [4.78, 5) is 21.8. The predicted molar refractivity (Wildman–Crippen MR) is 77.7 cm³/mol. The number of rotatable bonds is 4. The molecule has 2 atom stereocenters. The second-order valence-electron chi connectivity index (χ2n) is 7.77. The van der Waals surface area contributed by atoms with Gasteiger partial charge in [0.25, 0.3) is 0 Å². The monoisotopic (exact) mass is 284 g/mol. The largest absolute Gasteiger partial charge is 0.229 e. The summed E-state index contributed by atoms with van der Waals surface area (Å²) in [6.45, 7) is 15.5. The Labute approximate surface area is 123 Å². The topological polar surface area (TPSA) is 36.9 Å². The van der Waals surface area contributed by atoms with E-state index in [9.17, 15) is 0 Å². The number of hydrogen-bond acceptors (Lipinski definition) is 4. The number of hydrogen-bond donors (Lipinski definition) is 0. The Bertz CT molecular complexity index is 357. The molecule has 0 aromatic carbocycles. The molecule has 0 N–H and O–H groups in total. The molecular formula is C16H28O4. The molecule has 1 aliphatic carbocycles. The fourth-order valence-corrected chi connectivity index (χ4v) is 1.43. The van der Waals surface area contributed by atoms with Crippen molar-refractivity contribution in [2.75, 3.05) is 0 Å². The van der Waals surface area contributed by atoms with Gasteiger partial charge in [-0.25, -0.2) is 19.6 Å². The summed E-state index contributed by atoms with van der Waals surface area (Å²) in [5, 5.41) is 0. The molecule has 4 nitrogen and oxygen atoms in total. The van der Waals surface area contributed by atoms with Gasteiger partial charge in [-0.05, 0) is 68.2 Å². The van der Waals surface area contributed by atoms with Crippen LogP contribution in [0.3, 0.4) is 0 Å². The summed E-state index contributed by atoms with van der Waals surface area (Å²) >= 11 is 0. The van der Waals surface area contributed by atoms with Gasteiger partial charge in [-0.1, -0.05) is 11.8 Å². The summed E-state index contributed by atoms with van der Waals surface area (Å²) in [6.07, 6.45) is 1.44. The standard InChI is InChI=1S/C16H28O4/c1-13(2,3)17-19-15(7)9-11-16(8,12-10-15)20-18-14(4,5)6/h9,11H2,1-8H3. The molecule has 0 radical (unpaired) electrons. The summed E-state index contributed by atoms with van der Waals surface area (Å²) in [5.74, 6) is 6.19. The second kappa shape index (κ2) is 5.65. The normalized spacial score (nSPS) is 30.8. The fraction of sp³-hybridized carbons (Fsp3) is 0.875. The van der Waals surface area contributed by atoms with Crippen molar-refractivity contribution in [2.45, 2.75) is 90.6 Å². The molecule has 0 spiro atoms. The second-order valence-corrected chi connectivity index (χ2v) is 7.77. The first-order valence-electron chi connectivity index (χ1n) is 7.11. The third-order valence-corrected chi connectivity index (χ3v) is 2.62. The molecule has 0 aromatic rings. The van der Waals surface area contributed by atoms with Crippen LogP contribution < -0.4 is 0 Å². The molecule has 0 amide bonds. The SMILES string of the molecule is CC(C)(C)OOC1(C)C#CC(C)(OOC(C)(C)C)CC1. The van der Waals surface area contributed by atoms with Crippen LogP contribution in [0.2, 0.25) is 0 Å². The molecule has 0 bridgehead atoms. The Kier molecular flexibility index (Phi) is 4.93. The highest BCUT2D eigenvalue weighted by atomic mass is 17.2. The first kappa shape index (κ1) is 17.5. The summed E-state index contributed by atoms with van der Waals surface area (Å²) in [6, 6.07) is 0. The van der Waals surface area contributed by atoms with Gasteiger partial charge in [-0.2, -0.15) is 0 Å². The zero-order valence-electron chi connectivity index (χ0n) is 14.0. The molecule has 0 saturated heterocycles. The lowest BCUT2D eigenvalue weighted by Gasteiger charge is -2.35. The molecule has 1 aliphatic rings. The molecule has 116 valence electrons. The van der Waals surface area contributed by atoms with E-state index >= 15 is 0 Å². The Morgan fingerprint density at radius 2 is 1.00 bits per heavy atom. The van der Waals surface area contributed by atoms with Gasteiger partial charge >= 0.3 is 0 Å². The Balaban J connectivity index is 2.63. The maximum atomic E-state index is 5.50. The van der Waals surface area contributed by atoms with E-state index in [-0.39, 0.29) is 11.2 Å². The van der Waals surface area contributed by atoms with Crippen LogP contribution in [0.5, 0.6) is 0 Å². The van der Waals surface area contributed by atoms with Gasteiger partial charge in [0, 0.05) is 0 Å². The Morgan fingerprint density at radius 1 is 0.700 bits per heavy atom. The van der Waals surface area contributed by atoms with Gasteiger partial charge in [-0.3, -0.25) is 0 Å². The summed E-state index contributed by atoms with van der Waals surface area (Å²) < 4.78 is 0. The molecule has 0 aromatic heterocycles. The highest BCUT2D eigenvalue weighted by Gasteiger charge is 2.37. The van der Waals surface area contributed by atoms with Crippen LogP contribution in [0.4, 0.5) is 0 Å². The first-order chi connectivity index (χ1) is 8.83. The fourth-order valence-electron chi connectivity index (χ4n) is 1.43. The molecular weight excluding hydrogens is 256 g/mol. The van der Waals surface area contributed by atoms with Crippen LogP contribution in [0.25, 0.3) is 0 Å². The van der Waals surface area contributed by atoms with Crippen LogP contribution in [0.1, 0.15) is 68.2 Å². The average Bonchev–Trinajstić information content (AvgIpc) is 2.28. The Hall–Kier alpha value is -0.600. The minimum atomic E-state index is -0.599. The van der Waals surface area contributed by atoms with Gasteiger partial charge < -0.3 is 0 Å². The van der Waals surface area contributed by atoms with Crippen molar-refractivity contribution in [3.8, 4) is 11.8 Å². The molecule has 4 heteroatoms. The lowest BCUT2D eigenvalue weighted by atomic mass is 9.87. The molecule has 0 heterocycles. The summed E-state index contributed by atoms with van der Waals surface area (Å²) in [5.41, 5.74) is -1.90. The van der Waals surface area contributed by atoms with E-state index in [1.54, 1.807) is 0 Å². The predicted octanol–water partition coefficient (Wildman–Crippen LogP) is 3.79. The zero-order valence-corrected chi connectivity index (χ0v) is 14.0. The van der Waals surface area contributed by atoms with Crippen molar-refractivity contribution in [2.24, 2.45) is 0 Å². The van der Waals surface area contributed by atoms with Crippen LogP contribution in [0.15, 0.2) is 0 Å².